The Morgan fingerprint density at radius 3 is 2.52 bits per heavy atom. The maximum absolute atomic E-state index is 14.6. The molecule has 2 fully saturated rings. The van der Waals surface area contributed by atoms with Crippen molar-refractivity contribution in [2.75, 3.05) is 38.5 Å². The first-order valence-electron chi connectivity index (χ1n) is 11.3. The Morgan fingerprint density at radius 2 is 1.90 bits per heavy atom. The summed E-state index contributed by atoms with van der Waals surface area (Å²) in [5.74, 6) is -0.513. The molecule has 2 aliphatic rings. The van der Waals surface area contributed by atoms with E-state index in [1.54, 1.807) is 12.1 Å². The van der Waals surface area contributed by atoms with Gasteiger partial charge in [0, 0.05) is 36.1 Å². The van der Waals surface area contributed by atoms with E-state index >= 15 is 0 Å². The van der Waals surface area contributed by atoms with Crippen molar-refractivity contribution in [3.05, 3.63) is 34.6 Å². The number of hydrogen-bond donors (Lipinski definition) is 1. The monoisotopic (exact) mass is 473 g/mol. The van der Waals surface area contributed by atoms with Crippen molar-refractivity contribution < 1.29 is 17.6 Å². The number of piperidine rings is 1. The molecule has 1 atom stereocenters. The average Bonchev–Trinajstić information content (AvgIpc) is 3.29. The summed E-state index contributed by atoms with van der Waals surface area (Å²) in [6.07, 6.45) is 4.59. The maximum atomic E-state index is 14.6. The zero-order valence-electron chi connectivity index (χ0n) is 18.2. The summed E-state index contributed by atoms with van der Waals surface area (Å²) in [5.41, 5.74) is 0.434. The number of unbranched alkanes of at least 4 members (excludes halogenated alkanes) is 1. The van der Waals surface area contributed by atoms with Crippen LogP contribution in [0.1, 0.15) is 57.1 Å². The molecular weight excluding hydrogens is 441 g/mol. The number of hydrogen-bond acceptors (Lipinski definition) is 4. The molecule has 0 aromatic heterocycles. The lowest BCUT2D eigenvalue weighted by Gasteiger charge is -2.32. The highest BCUT2D eigenvalue weighted by Crippen LogP contribution is 2.32. The van der Waals surface area contributed by atoms with Gasteiger partial charge >= 0.3 is 0 Å². The third-order valence-electron chi connectivity index (χ3n) is 6.36. The van der Waals surface area contributed by atoms with E-state index in [0.29, 0.717) is 42.9 Å². The number of amides is 1. The van der Waals surface area contributed by atoms with Gasteiger partial charge in [0.25, 0.3) is 0 Å². The van der Waals surface area contributed by atoms with Crippen molar-refractivity contribution in [2.45, 2.75) is 51.5 Å². The van der Waals surface area contributed by atoms with Gasteiger partial charge in [0.1, 0.15) is 5.82 Å². The van der Waals surface area contributed by atoms with Gasteiger partial charge in [-0.05, 0) is 57.3 Å². The molecule has 1 amide bonds. The molecule has 0 saturated carbocycles. The van der Waals surface area contributed by atoms with Gasteiger partial charge in [0.2, 0.25) is 15.9 Å². The second-order valence-corrected chi connectivity index (χ2v) is 11.0. The number of benzene rings is 1. The Morgan fingerprint density at radius 1 is 1.23 bits per heavy atom. The largest absolute Gasteiger partial charge is 0.354 e. The van der Waals surface area contributed by atoms with Crippen molar-refractivity contribution in [3.63, 3.8) is 0 Å². The Hall–Kier alpha value is -1.22. The number of likely N-dealkylation sites (tertiary alicyclic amines) is 1. The number of halogens is 2. The fraction of sp³-hybridized carbons (Fsp3) is 0.682. The van der Waals surface area contributed by atoms with E-state index in [2.05, 4.69) is 10.2 Å². The molecule has 6 nitrogen and oxygen atoms in total. The predicted molar refractivity (Wildman–Crippen MR) is 121 cm³/mol. The normalized spacial score (nSPS) is 20.1. The summed E-state index contributed by atoms with van der Waals surface area (Å²) in [6, 6.07) is 4.36. The quantitative estimate of drug-likeness (QED) is 0.595. The summed E-state index contributed by atoms with van der Waals surface area (Å²) in [5, 5.41) is 3.37. The van der Waals surface area contributed by atoms with Crippen LogP contribution in [-0.4, -0.2) is 62.0 Å². The lowest BCUT2D eigenvalue weighted by Crippen LogP contribution is -2.45. The van der Waals surface area contributed by atoms with E-state index < -0.39 is 10.0 Å². The number of nitrogens with zero attached hydrogens (tertiary/aromatic N) is 2. The van der Waals surface area contributed by atoms with Crippen LogP contribution in [0.5, 0.6) is 0 Å². The minimum atomic E-state index is -3.24. The van der Waals surface area contributed by atoms with Crippen LogP contribution in [0, 0.1) is 11.7 Å². The van der Waals surface area contributed by atoms with Gasteiger partial charge in [-0.25, -0.2) is 17.1 Å². The average molecular weight is 474 g/mol. The van der Waals surface area contributed by atoms with E-state index in [-0.39, 0.29) is 36.0 Å². The van der Waals surface area contributed by atoms with E-state index in [9.17, 15) is 17.6 Å². The molecule has 0 radical (unpaired) electrons. The summed E-state index contributed by atoms with van der Waals surface area (Å²) in [4.78, 5) is 15.0. The van der Waals surface area contributed by atoms with Gasteiger partial charge in [-0.2, -0.15) is 0 Å². The third kappa shape index (κ3) is 6.18. The second-order valence-electron chi connectivity index (χ2n) is 8.48. The van der Waals surface area contributed by atoms with Crippen molar-refractivity contribution in [1.29, 1.82) is 0 Å². The van der Waals surface area contributed by atoms with Crippen molar-refractivity contribution in [2.24, 2.45) is 5.92 Å². The molecule has 0 aliphatic carbocycles. The number of sulfonamides is 1. The van der Waals surface area contributed by atoms with E-state index in [0.717, 1.165) is 32.4 Å². The maximum Gasteiger partial charge on any atom is 0.223 e. The van der Waals surface area contributed by atoms with E-state index in [1.807, 2.05) is 6.92 Å². The minimum absolute atomic E-state index is 0.0951. The summed E-state index contributed by atoms with van der Waals surface area (Å²) < 4.78 is 40.9. The molecule has 0 spiro atoms. The first-order valence-corrected chi connectivity index (χ1v) is 13.3. The van der Waals surface area contributed by atoms with Gasteiger partial charge < -0.3 is 5.32 Å². The molecular formula is C22H33ClFN3O3S. The summed E-state index contributed by atoms with van der Waals surface area (Å²) in [6.45, 7) is 4.70. The Kier molecular flexibility index (Phi) is 8.73. The van der Waals surface area contributed by atoms with Gasteiger partial charge in [0.05, 0.1) is 11.8 Å². The Bertz CT molecular complexity index is 833. The molecule has 31 heavy (non-hydrogen) atoms. The minimum Gasteiger partial charge on any atom is -0.354 e. The molecule has 9 heteroatoms. The van der Waals surface area contributed by atoms with Crippen LogP contribution in [-0.2, 0) is 14.8 Å². The van der Waals surface area contributed by atoms with Crippen LogP contribution in [0.2, 0.25) is 5.02 Å². The molecule has 3 rings (SSSR count). The number of carbonyl (C=O) groups is 1. The van der Waals surface area contributed by atoms with E-state index in [1.165, 1.54) is 10.4 Å². The highest BCUT2D eigenvalue weighted by molar-refractivity contribution is 7.89. The van der Waals surface area contributed by atoms with Crippen LogP contribution in [0.4, 0.5) is 4.39 Å². The van der Waals surface area contributed by atoms with Gasteiger partial charge in [-0.1, -0.05) is 31.0 Å². The van der Waals surface area contributed by atoms with Crippen LogP contribution >= 0.6 is 11.6 Å². The standard InChI is InChI=1S/C22H33ClFN3O3S/c1-2-3-15-31(29,30)27-13-9-17(10-14-27)22(28)25-16-20(26-11-4-5-12-26)21-18(23)7-6-8-19(21)24/h6-8,17,20H,2-5,9-16H2,1H3,(H,25,28). The predicted octanol–water partition coefficient (Wildman–Crippen LogP) is 3.57. The highest BCUT2D eigenvalue weighted by Gasteiger charge is 2.32. The lowest BCUT2D eigenvalue weighted by atomic mass is 9.97. The fourth-order valence-electron chi connectivity index (χ4n) is 4.49. The molecule has 1 aromatic carbocycles. The Labute approximate surface area is 190 Å². The fourth-order valence-corrected chi connectivity index (χ4v) is 6.46. The molecule has 174 valence electrons. The molecule has 2 heterocycles. The van der Waals surface area contributed by atoms with Crippen molar-refractivity contribution in [3.8, 4) is 0 Å². The van der Waals surface area contributed by atoms with E-state index in [4.69, 9.17) is 11.6 Å². The SMILES string of the molecule is CCCCS(=O)(=O)N1CCC(C(=O)NCC(c2c(F)cccc2Cl)N2CCCC2)CC1. The summed E-state index contributed by atoms with van der Waals surface area (Å²) >= 11 is 6.32. The van der Waals surface area contributed by atoms with Crippen LogP contribution in [0.3, 0.4) is 0 Å². The van der Waals surface area contributed by atoms with Crippen molar-refractivity contribution in [1.82, 2.24) is 14.5 Å². The third-order valence-corrected chi connectivity index (χ3v) is 8.64. The first kappa shape index (κ1) is 24.4. The Balaban J connectivity index is 1.59. The number of nitrogens with one attached hydrogen (secondary N) is 1. The molecule has 2 saturated heterocycles. The number of rotatable bonds is 9. The molecule has 1 unspecified atom stereocenters. The topological polar surface area (TPSA) is 69.7 Å². The number of carbonyl (C=O) groups excluding carboxylic acids is 1. The second kappa shape index (κ2) is 11.1. The van der Waals surface area contributed by atoms with Crippen LogP contribution in [0.25, 0.3) is 0 Å². The van der Waals surface area contributed by atoms with Crippen molar-refractivity contribution >= 4 is 27.5 Å². The lowest BCUT2D eigenvalue weighted by molar-refractivity contribution is -0.126. The van der Waals surface area contributed by atoms with Gasteiger partial charge in [-0.15, -0.1) is 0 Å². The molecule has 0 bridgehead atoms. The zero-order chi connectivity index (χ0) is 22.4. The molecule has 1 N–H and O–H groups in total. The van der Waals surface area contributed by atoms with Crippen LogP contribution < -0.4 is 5.32 Å². The van der Waals surface area contributed by atoms with Gasteiger partial charge in [0.15, 0.2) is 0 Å². The smallest absolute Gasteiger partial charge is 0.223 e. The molecule has 2 aliphatic heterocycles. The van der Waals surface area contributed by atoms with Crippen LogP contribution in [0.15, 0.2) is 18.2 Å². The molecule has 1 aromatic rings. The zero-order valence-corrected chi connectivity index (χ0v) is 19.7. The first-order chi connectivity index (χ1) is 14.8. The highest BCUT2D eigenvalue weighted by atomic mass is 35.5. The summed E-state index contributed by atoms with van der Waals surface area (Å²) in [7, 11) is -3.24. The van der Waals surface area contributed by atoms with Gasteiger partial charge in [-0.3, -0.25) is 9.69 Å².